The summed E-state index contributed by atoms with van der Waals surface area (Å²) in [4.78, 5) is 15.0. The second kappa shape index (κ2) is 7.95. The Morgan fingerprint density at radius 3 is 2.40 bits per heavy atom. The van der Waals surface area contributed by atoms with Gasteiger partial charge in [0.05, 0.1) is 21.7 Å². The van der Waals surface area contributed by atoms with E-state index in [4.69, 9.17) is 4.74 Å². The summed E-state index contributed by atoms with van der Waals surface area (Å²) >= 11 is 0. The zero-order valence-corrected chi connectivity index (χ0v) is 19.3. The summed E-state index contributed by atoms with van der Waals surface area (Å²) in [6.45, 7) is 12.2. The molecule has 3 rings (SSSR count). The lowest BCUT2D eigenvalue weighted by Gasteiger charge is -2.28. The molecular weight excluding hydrogens is 400 g/mol. The van der Waals surface area contributed by atoms with Crippen molar-refractivity contribution in [3.63, 3.8) is 0 Å². The number of aryl methyl sites for hydroxylation is 3. The molecule has 0 bridgehead atoms. The Morgan fingerprint density at radius 1 is 1.07 bits per heavy atom. The minimum Gasteiger partial charge on any atom is -0.490 e. The molecule has 1 aliphatic rings. The predicted molar refractivity (Wildman–Crippen MR) is 120 cm³/mol. The standard InChI is InChI=1S/C23H30N2O4S/c1-7-10-25-19-13-18(8-9-20(19)29-14-23(5,6)22(25)26)24-30(27,28)21-12-16(3)15(2)11-17(21)4/h8-9,11-13,24H,7,10,14H2,1-6H3. The van der Waals surface area contributed by atoms with Crippen LogP contribution in [-0.4, -0.2) is 27.5 Å². The van der Waals surface area contributed by atoms with Crippen LogP contribution in [0.5, 0.6) is 5.75 Å². The van der Waals surface area contributed by atoms with Gasteiger partial charge in [0.15, 0.2) is 0 Å². The van der Waals surface area contributed by atoms with Crippen LogP contribution in [0, 0.1) is 26.2 Å². The Labute approximate surface area is 179 Å². The zero-order valence-electron chi connectivity index (χ0n) is 18.5. The number of amides is 1. The van der Waals surface area contributed by atoms with Gasteiger partial charge in [-0.25, -0.2) is 8.42 Å². The molecule has 0 saturated carbocycles. The molecule has 0 aromatic heterocycles. The number of carbonyl (C=O) groups is 1. The first-order valence-electron chi connectivity index (χ1n) is 10.2. The highest BCUT2D eigenvalue weighted by Crippen LogP contribution is 2.38. The summed E-state index contributed by atoms with van der Waals surface area (Å²) in [7, 11) is -3.78. The number of carbonyl (C=O) groups excluding carboxylic acids is 1. The van der Waals surface area contributed by atoms with E-state index in [-0.39, 0.29) is 17.4 Å². The van der Waals surface area contributed by atoms with Crippen molar-refractivity contribution in [3.05, 3.63) is 47.0 Å². The third kappa shape index (κ3) is 4.17. The monoisotopic (exact) mass is 430 g/mol. The topological polar surface area (TPSA) is 75.7 Å². The molecule has 1 aliphatic heterocycles. The van der Waals surface area contributed by atoms with E-state index in [1.165, 1.54) is 0 Å². The van der Waals surface area contributed by atoms with E-state index in [2.05, 4.69) is 4.72 Å². The average Bonchev–Trinajstić information content (AvgIpc) is 2.75. The van der Waals surface area contributed by atoms with Crippen LogP contribution < -0.4 is 14.4 Å². The van der Waals surface area contributed by atoms with Crippen molar-refractivity contribution < 1.29 is 17.9 Å². The Morgan fingerprint density at radius 2 is 1.73 bits per heavy atom. The van der Waals surface area contributed by atoms with Crippen molar-refractivity contribution in [1.29, 1.82) is 0 Å². The minimum atomic E-state index is -3.78. The van der Waals surface area contributed by atoms with Gasteiger partial charge < -0.3 is 9.64 Å². The molecular formula is C23H30N2O4S. The number of ether oxygens (including phenoxy) is 1. The lowest BCUT2D eigenvalue weighted by Crippen LogP contribution is -2.42. The van der Waals surface area contributed by atoms with Gasteiger partial charge in [-0.15, -0.1) is 0 Å². The van der Waals surface area contributed by atoms with E-state index >= 15 is 0 Å². The molecule has 0 atom stereocenters. The zero-order chi connectivity index (χ0) is 22.3. The molecule has 7 heteroatoms. The molecule has 1 amide bonds. The van der Waals surface area contributed by atoms with Crippen LogP contribution in [0.1, 0.15) is 43.9 Å². The number of rotatable bonds is 5. The van der Waals surface area contributed by atoms with Crippen LogP contribution >= 0.6 is 0 Å². The SMILES string of the molecule is CCCN1C(=O)C(C)(C)COc2ccc(NS(=O)(=O)c3cc(C)c(C)cc3C)cc21. The molecule has 0 fully saturated rings. The van der Waals surface area contributed by atoms with E-state index in [1.807, 2.05) is 40.7 Å². The van der Waals surface area contributed by atoms with E-state index < -0.39 is 15.4 Å². The molecule has 0 spiro atoms. The first kappa shape index (κ1) is 22.2. The van der Waals surface area contributed by atoms with Crippen LogP contribution in [0.3, 0.4) is 0 Å². The number of hydrogen-bond acceptors (Lipinski definition) is 4. The molecule has 0 aliphatic carbocycles. The van der Waals surface area contributed by atoms with Crippen LogP contribution in [0.4, 0.5) is 11.4 Å². The summed E-state index contributed by atoms with van der Waals surface area (Å²) in [5, 5.41) is 0. The Kier molecular flexibility index (Phi) is 5.87. The lowest BCUT2D eigenvalue weighted by molar-refractivity contribution is -0.127. The summed E-state index contributed by atoms with van der Waals surface area (Å²) in [6, 6.07) is 8.63. The number of nitrogens with zero attached hydrogens (tertiary/aromatic N) is 1. The van der Waals surface area contributed by atoms with Gasteiger partial charge in [0.25, 0.3) is 10.0 Å². The van der Waals surface area contributed by atoms with Gasteiger partial charge in [0.1, 0.15) is 12.4 Å². The number of nitrogens with one attached hydrogen (secondary N) is 1. The molecule has 1 heterocycles. The Hall–Kier alpha value is -2.54. The van der Waals surface area contributed by atoms with E-state index in [0.717, 1.165) is 17.5 Å². The van der Waals surface area contributed by atoms with E-state index in [0.29, 0.717) is 29.2 Å². The second-order valence-electron chi connectivity index (χ2n) is 8.62. The molecule has 0 saturated heterocycles. The van der Waals surface area contributed by atoms with Crippen LogP contribution in [-0.2, 0) is 14.8 Å². The molecule has 30 heavy (non-hydrogen) atoms. The maximum Gasteiger partial charge on any atom is 0.262 e. The van der Waals surface area contributed by atoms with Crippen molar-refractivity contribution >= 4 is 27.3 Å². The summed E-state index contributed by atoms with van der Waals surface area (Å²) < 4.78 is 34.7. The smallest absolute Gasteiger partial charge is 0.262 e. The number of sulfonamides is 1. The maximum absolute atomic E-state index is 13.1. The van der Waals surface area contributed by atoms with Crippen molar-refractivity contribution in [2.24, 2.45) is 5.41 Å². The lowest BCUT2D eigenvalue weighted by atomic mass is 9.93. The Bertz CT molecular complexity index is 1090. The fourth-order valence-corrected chi connectivity index (χ4v) is 4.95. The van der Waals surface area contributed by atoms with Gasteiger partial charge in [-0.05, 0) is 82.0 Å². The van der Waals surface area contributed by atoms with Crippen LogP contribution in [0.2, 0.25) is 0 Å². The minimum absolute atomic E-state index is 0.0342. The second-order valence-corrected chi connectivity index (χ2v) is 10.3. The first-order chi connectivity index (χ1) is 14.0. The molecule has 6 nitrogen and oxygen atoms in total. The van der Waals surface area contributed by atoms with Crippen molar-refractivity contribution in [3.8, 4) is 5.75 Å². The quantitative estimate of drug-likeness (QED) is 0.754. The Balaban J connectivity index is 2.01. The van der Waals surface area contributed by atoms with Gasteiger partial charge in [-0.1, -0.05) is 13.0 Å². The normalized spacial score (nSPS) is 15.9. The molecule has 2 aromatic carbocycles. The molecule has 0 unspecified atom stereocenters. The summed E-state index contributed by atoms with van der Waals surface area (Å²) in [5.74, 6) is 0.542. The van der Waals surface area contributed by atoms with E-state index in [1.54, 1.807) is 36.1 Å². The number of fused-ring (bicyclic) bond motifs is 1. The van der Waals surface area contributed by atoms with Gasteiger partial charge in [-0.2, -0.15) is 0 Å². The van der Waals surface area contributed by atoms with Gasteiger partial charge in [-0.3, -0.25) is 9.52 Å². The highest BCUT2D eigenvalue weighted by Gasteiger charge is 2.37. The van der Waals surface area contributed by atoms with Crippen LogP contribution in [0.25, 0.3) is 0 Å². The highest BCUT2D eigenvalue weighted by molar-refractivity contribution is 7.92. The molecule has 162 valence electrons. The van der Waals surface area contributed by atoms with E-state index in [9.17, 15) is 13.2 Å². The fraction of sp³-hybridized carbons (Fsp3) is 0.435. The van der Waals surface area contributed by atoms with Crippen molar-refractivity contribution in [2.75, 3.05) is 22.8 Å². The number of hydrogen-bond donors (Lipinski definition) is 1. The largest absolute Gasteiger partial charge is 0.490 e. The highest BCUT2D eigenvalue weighted by atomic mass is 32.2. The molecule has 1 N–H and O–H groups in total. The number of anilines is 2. The molecule has 0 radical (unpaired) electrons. The van der Waals surface area contributed by atoms with Crippen molar-refractivity contribution in [2.45, 2.75) is 52.9 Å². The predicted octanol–water partition coefficient (Wildman–Crippen LogP) is 4.57. The van der Waals surface area contributed by atoms with Crippen molar-refractivity contribution in [1.82, 2.24) is 0 Å². The van der Waals surface area contributed by atoms with Gasteiger partial charge >= 0.3 is 0 Å². The third-order valence-electron chi connectivity index (χ3n) is 5.44. The fourth-order valence-electron chi connectivity index (χ4n) is 3.59. The molecule has 2 aromatic rings. The third-order valence-corrected chi connectivity index (χ3v) is 6.97. The summed E-state index contributed by atoms with van der Waals surface area (Å²) in [6.07, 6.45) is 0.777. The van der Waals surface area contributed by atoms with Gasteiger partial charge in [0, 0.05) is 6.54 Å². The first-order valence-corrected chi connectivity index (χ1v) is 11.6. The summed E-state index contributed by atoms with van der Waals surface area (Å²) in [5.41, 5.74) is 2.97. The number of benzene rings is 2. The average molecular weight is 431 g/mol. The van der Waals surface area contributed by atoms with Crippen LogP contribution in [0.15, 0.2) is 35.2 Å². The maximum atomic E-state index is 13.1. The van der Waals surface area contributed by atoms with Gasteiger partial charge in [0.2, 0.25) is 5.91 Å².